The number of fused-ring (bicyclic) bond motifs is 1. The van der Waals surface area contributed by atoms with Gasteiger partial charge in [0.25, 0.3) is 0 Å². The van der Waals surface area contributed by atoms with Gasteiger partial charge in [-0.2, -0.15) is 5.10 Å². The third-order valence-corrected chi connectivity index (χ3v) is 3.74. The molecule has 4 nitrogen and oxygen atoms in total. The number of rotatable bonds is 4. The molecule has 1 aliphatic carbocycles. The zero-order valence-electron chi connectivity index (χ0n) is 11.2. The summed E-state index contributed by atoms with van der Waals surface area (Å²) < 4.78 is 1.82. The summed E-state index contributed by atoms with van der Waals surface area (Å²) in [5, 5.41) is 10.2. The zero-order valence-corrected chi connectivity index (χ0v) is 11.2. The minimum atomic E-state index is 0.708. The molecule has 0 bridgehead atoms. The van der Waals surface area contributed by atoms with Crippen LogP contribution in [0, 0.1) is 0 Å². The molecule has 0 amide bonds. The van der Waals surface area contributed by atoms with Gasteiger partial charge in [0.05, 0.1) is 0 Å². The highest BCUT2D eigenvalue weighted by Crippen LogP contribution is 2.25. The third kappa shape index (κ3) is 2.08. The van der Waals surface area contributed by atoms with E-state index in [0.29, 0.717) is 6.04 Å². The van der Waals surface area contributed by atoms with E-state index >= 15 is 0 Å². The monoisotopic (exact) mass is 264 g/mol. The van der Waals surface area contributed by atoms with Crippen molar-refractivity contribution in [3.63, 3.8) is 0 Å². The highest BCUT2D eigenvalue weighted by molar-refractivity contribution is 5.90. The quantitative estimate of drug-likeness (QED) is 0.788. The van der Waals surface area contributed by atoms with Gasteiger partial charge in [0, 0.05) is 36.6 Å². The molecular weight excluding hydrogens is 248 g/mol. The molecule has 4 rings (SSSR count). The molecule has 3 aromatic rings. The molecule has 1 aromatic carbocycles. The molecule has 1 saturated carbocycles. The normalized spacial score (nSPS) is 14.8. The minimum absolute atomic E-state index is 0.708. The Kier molecular flexibility index (Phi) is 2.74. The van der Waals surface area contributed by atoms with Crippen molar-refractivity contribution in [2.24, 2.45) is 0 Å². The van der Waals surface area contributed by atoms with E-state index in [1.54, 1.807) is 6.20 Å². The molecule has 0 saturated heterocycles. The Morgan fingerprint density at radius 2 is 2.00 bits per heavy atom. The Morgan fingerprint density at radius 3 is 2.75 bits per heavy atom. The molecule has 0 unspecified atom stereocenters. The fraction of sp³-hybridized carbons (Fsp3) is 0.250. The number of pyridine rings is 1. The fourth-order valence-electron chi connectivity index (χ4n) is 2.50. The maximum absolute atomic E-state index is 4.61. The lowest BCUT2D eigenvalue weighted by molar-refractivity contribution is 0.688. The third-order valence-electron chi connectivity index (χ3n) is 3.74. The van der Waals surface area contributed by atoms with Crippen molar-refractivity contribution in [1.82, 2.24) is 20.1 Å². The number of nitrogens with zero attached hydrogens (tertiary/aromatic N) is 3. The highest BCUT2D eigenvalue weighted by Gasteiger charge is 2.20. The van der Waals surface area contributed by atoms with Crippen LogP contribution in [-0.2, 0) is 6.54 Å². The summed E-state index contributed by atoms with van der Waals surface area (Å²) in [6.45, 7) is 0.886. The van der Waals surface area contributed by atoms with E-state index in [0.717, 1.165) is 17.7 Å². The molecule has 1 fully saturated rings. The van der Waals surface area contributed by atoms with Gasteiger partial charge in [0.1, 0.15) is 0 Å². The summed E-state index contributed by atoms with van der Waals surface area (Å²) in [6, 6.07) is 11.0. The van der Waals surface area contributed by atoms with E-state index in [-0.39, 0.29) is 0 Å². The first-order chi connectivity index (χ1) is 9.92. The van der Waals surface area contributed by atoms with Crippen molar-refractivity contribution >= 4 is 10.8 Å². The molecule has 1 N–H and O–H groups in total. The molecule has 1 aliphatic rings. The summed E-state index contributed by atoms with van der Waals surface area (Å²) >= 11 is 0. The summed E-state index contributed by atoms with van der Waals surface area (Å²) in [4.78, 5) is 4.61. The predicted molar refractivity (Wildman–Crippen MR) is 78.7 cm³/mol. The second-order valence-electron chi connectivity index (χ2n) is 5.26. The smallest absolute Gasteiger partial charge is 0.161 e. The maximum Gasteiger partial charge on any atom is 0.161 e. The van der Waals surface area contributed by atoms with Crippen LogP contribution in [0.3, 0.4) is 0 Å². The molecule has 2 heterocycles. The zero-order chi connectivity index (χ0) is 13.4. The maximum atomic E-state index is 4.61. The summed E-state index contributed by atoms with van der Waals surface area (Å²) in [5.41, 5.74) is 1.25. The van der Waals surface area contributed by atoms with Crippen LogP contribution in [0.5, 0.6) is 0 Å². The van der Waals surface area contributed by atoms with Gasteiger partial charge in [-0.15, -0.1) is 0 Å². The van der Waals surface area contributed by atoms with E-state index in [2.05, 4.69) is 39.7 Å². The van der Waals surface area contributed by atoms with Crippen LogP contribution >= 0.6 is 0 Å². The van der Waals surface area contributed by atoms with Crippen LogP contribution in [0.15, 0.2) is 48.9 Å². The van der Waals surface area contributed by atoms with Crippen LogP contribution in [0.4, 0.5) is 0 Å². The SMILES string of the molecule is c1ccc2c(-n3cccn3)ncc(CNC3CC3)c2c1. The lowest BCUT2D eigenvalue weighted by Crippen LogP contribution is -2.16. The number of nitrogens with one attached hydrogen (secondary N) is 1. The summed E-state index contributed by atoms with van der Waals surface area (Å²) in [6.07, 6.45) is 8.28. The largest absolute Gasteiger partial charge is 0.310 e. The molecule has 0 spiro atoms. The Morgan fingerprint density at radius 1 is 1.15 bits per heavy atom. The second kappa shape index (κ2) is 4.72. The minimum Gasteiger partial charge on any atom is -0.310 e. The molecule has 2 aromatic heterocycles. The Hall–Kier alpha value is -2.20. The average Bonchev–Trinajstić information content (AvgIpc) is 3.17. The molecule has 100 valence electrons. The highest BCUT2D eigenvalue weighted by atomic mass is 15.3. The standard InChI is InChI=1S/C16H16N4/c1-2-5-15-14(4-1)12(10-17-13-6-7-13)11-18-16(15)20-9-3-8-19-20/h1-5,8-9,11,13,17H,6-7,10H2. The van der Waals surface area contributed by atoms with Gasteiger partial charge in [-0.3, -0.25) is 0 Å². The Labute approximate surface area is 117 Å². The van der Waals surface area contributed by atoms with Crippen LogP contribution in [-0.4, -0.2) is 20.8 Å². The van der Waals surface area contributed by atoms with Crippen LogP contribution < -0.4 is 5.32 Å². The Balaban J connectivity index is 1.80. The Bertz CT molecular complexity index is 729. The van der Waals surface area contributed by atoms with E-state index in [4.69, 9.17) is 0 Å². The average molecular weight is 264 g/mol. The van der Waals surface area contributed by atoms with Crippen molar-refractivity contribution in [1.29, 1.82) is 0 Å². The molecule has 0 radical (unpaired) electrons. The van der Waals surface area contributed by atoms with Crippen molar-refractivity contribution in [3.05, 3.63) is 54.5 Å². The van der Waals surface area contributed by atoms with Crippen LogP contribution in [0.2, 0.25) is 0 Å². The first-order valence-electron chi connectivity index (χ1n) is 7.02. The van der Waals surface area contributed by atoms with Gasteiger partial charge in [-0.25, -0.2) is 9.67 Å². The lowest BCUT2D eigenvalue weighted by Gasteiger charge is -2.11. The first-order valence-corrected chi connectivity index (χ1v) is 7.02. The molecule has 0 atom stereocenters. The van der Waals surface area contributed by atoms with Gasteiger partial charge in [-0.1, -0.05) is 24.3 Å². The van der Waals surface area contributed by atoms with Crippen molar-refractivity contribution in [2.75, 3.05) is 0 Å². The molecule has 4 heteroatoms. The topological polar surface area (TPSA) is 42.7 Å². The van der Waals surface area contributed by atoms with Gasteiger partial charge >= 0.3 is 0 Å². The van der Waals surface area contributed by atoms with E-state index in [1.165, 1.54) is 23.8 Å². The first kappa shape index (κ1) is 11.6. The van der Waals surface area contributed by atoms with Crippen LogP contribution in [0.25, 0.3) is 16.6 Å². The van der Waals surface area contributed by atoms with Gasteiger partial charge in [-0.05, 0) is 29.9 Å². The molecule has 0 aliphatic heterocycles. The van der Waals surface area contributed by atoms with Crippen molar-refractivity contribution in [3.8, 4) is 5.82 Å². The van der Waals surface area contributed by atoms with E-state index < -0.39 is 0 Å². The van der Waals surface area contributed by atoms with Crippen molar-refractivity contribution in [2.45, 2.75) is 25.4 Å². The predicted octanol–water partition coefficient (Wildman–Crippen LogP) is 2.67. The molecular formula is C16H16N4. The van der Waals surface area contributed by atoms with Gasteiger partial charge in [0.2, 0.25) is 0 Å². The number of hydrogen-bond donors (Lipinski definition) is 1. The second-order valence-corrected chi connectivity index (χ2v) is 5.26. The van der Waals surface area contributed by atoms with Gasteiger partial charge in [0.15, 0.2) is 5.82 Å². The number of hydrogen-bond acceptors (Lipinski definition) is 3. The van der Waals surface area contributed by atoms with E-state index in [9.17, 15) is 0 Å². The lowest BCUT2D eigenvalue weighted by atomic mass is 10.1. The van der Waals surface area contributed by atoms with Crippen LogP contribution in [0.1, 0.15) is 18.4 Å². The summed E-state index contributed by atoms with van der Waals surface area (Å²) in [5.74, 6) is 0.890. The van der Waals surface area contributed by atoms with E-state index in [1.807, 2.05) is 23.1 Å². The fourth-order valence-corrected chi connectivity index (χ4v) is 2.50. The number of benzene rings is 1. The number of aromatic nitrogens is 3. The summed E-state index contributed by atoms with van der Waals surface area (Å²) in [7, 11) is 0. The van der Waals surface area contributed by atoms with Gasteiger partial charge < -0.3 is 5.32 Å². The van der Waals surface area contributed by atoms with Crippen molar-refractivity contribution < 1.29 is 0 Å². The molecule has 20 heavy (non-hydrogen) atoms.